The minimum atomic E-state index is -0.348. The zero-order valence-electron chi connectivity index (χ0n) is 7.31. The van der Waals surface area contributed by atoms with Crippen LogP contribution in [-0.2, 0) is 0 Å². The molecule has 0 aliphatic rings. The molecule has 1 aromatic rings. The lowest BCUT2D eigenvalue weighted by Gasteiger charge is -2.06. The van der Waals surface area contributed by atoms with Crippen molar-refractivity contribution >= 4 is 15.9 Å². The lowest BCUT2D eigenvalue weighted by atomic mass is 10.2. The Balaban J connectivity index is 2.75. The van der Waals surface area contributed by atoms with E-state index < -0.39 is 0 Å². The summed E-state index contributed by atoms with van der Waals surface area (Å²) in [5.74, 6) is -0.0834. The van der Waals surface area contributed by atoms with Gasteiger partial charge in [-0.05, 0) is 24.6 Å². The monoisotopic (exact) mass is 244 g/mol. The molecule has 1 nitrogen and oxygen atoms in total. The summed E-state index contributed by atoms with van der Waals surface area (Å²) in [4.78, 5) is 0. The molecular formula is C10H10BrFO. The summed E-state index contributed by atoms with van der Waals surface area (Å²) in [5, 5.41) is 0. The van der Waals surface area contributed by atoms with E-state index >= 15 is 0 Å². The molecule has 0 aliphatic heterocycles. The first-order valence-corrected chi connectivity index (χ1v) is 4.61. The van der Waals surface area contributed by atoms with Crippen LogP contribution in [0, 0.1) is 12.7 Å². The van der Waals surface area contributed by atoms with Gasteiger partial charge in [-0.3, -0.25) is 0 Å². The molecule has 0 spiro atoms. The Labute approximate surface area is 85.3 Å². The number of halogens is 2. The number of ether oxygens (including phenoxy) is 1. The molecule has 1 aromatic carbocycles. The van der Waals surface area contributed by atoms with Gasteiger partial charge in [0.05, 0.1) is 0 Å². The van der Waals surface area contributed by atoms with E-state index in [0.717, 1.165) is 5.56 Å². The molecule has 0 radical (unpaired) electrons. The van der Waals surface area contributed by atoms with Gasteiger partial charge in [0.25, 0.3) is 0 Å². The Morgan fingerprint density at radius 1 is 1.62 bits per heavy atom. The number of aryl methyl sites for hydroxylation is 1. The van der Waals surface area contributed by atoms with E-state index in [-0.39, 0.29) is 18.2 Å². The van der Waals surface area contributed by atoms with E-state index in [0.29, 0.717) is 4.48 Å². The second-order valence-corrected chi connectivity index (χ2v) is 3.86. The van der Waals surface area contributed by atoms with Crippen LogP contribution in [0.1, 0.15) is 5.56 Å². The summed E-state index contributed by atoms with van der Waals surface area (Å²) in [6, 6.07) is 4.75. The molecule has 0 aromatic heterocycles. The summed E-state index contributed by atoms with van der Waals surface area (Å²) in [6.07, 6.45) is 0. The van der Waals surface area contributed by atoms with Gasteiger partial charge in [-0.1, -0.05) is 28.6 Å². The highest BCUT2D eigenvalue weighted by Gasteiger charge is 2.02. The zero-order chi connectivity index (χ0) is 9.84. The van der Waals surface area contributed by atoms with Crippen LogP contribution in [0.5, 0.6) is 5.75 Å². The van der Waals surface area contributed by atoms with E-state index in [1.165, 1.54) is 6.07 Å². The molecular weight excluding hydrogens is 235 g/mol. The van der Waals surface area contributed by atoms with Gasteiger partial charge in [-0.2, -0.15) is 0 Å². The Morgan fingerprint density at radius 2 is 2.31 bits per heavy atom. The minimum Gasteiger partial charge on any atom is -0.485 e. The van der Waals surface area contributed by atoms with Gasteiger partial charge in [-0.15, -0.1) is 0 Å². The molecule has 0 aliphatic carbocycles. The molecule has 0 bridgehead atoms. The first-order valence-electron chi connectivity index (χ1n) is 3.82. The fourth-order valence-electron chi connectivity index (χ4n) is 0.877. The smallest absolute Gasteiger partial charge is 0.165 e. The Bertz CT molecular complexity index is 323. The maximum Gasteiger partial charge on any atom is 0.165 e. The van der Waals surface area contributed by atoms with Crippen molar-refractivity contribution in [3.8, 4) is 5.75 Å². The van der Waals surface area contributed by atoms with E-state index in [1.54, 1.807) is 12.1 Å². The molecule has 0 fully saturated rings. The molecule has 0 saturated carbocycles. The maximum absolute atomic E-state index is 13.1. The summed E-state index contributed by atoms with van der Waals surface area (Å²) < 4.78 is 18.9. The van der Waals surface area contributed by atoms with Crippen LogP contribution < -0.4 is 4.74 Å². The largest absolute Gasteiger partial charge is 0.485 e. The first-order chi connectivity index (χ1) is 6.09. The predicted octanol–water partition coefficient (Wildman–Crippen LogP) is 3.42. The van der Waals surface area contributed by atoms with Gasteiger partial charge >= 0.3 is 0 Å². The third-order valence-electron chi connectivity index (χ3n) is 1.47. The molecule has 0 N–H and O–H groups in total. The third kappa shape index (κ3) is 3.19. The summed E-state index contributed by atoms with van der Waals surface area (Å²) in [7, 11) is 0. The van der Waals surface area contributed by atoms with Crippen LogP contribution in [-0.4, -0.2) is 6.61 Å². The van der Waals surface area contributed by atoms with Gasteiger partial charge in [-0.25, -0.2) is 4.39 Å². The maximum atomic E-state index is 13.1. The van der Waals surface area contributed by atoms with Gasteiger partial charge < -0.3 is 4.74 Å². The Kier molecular flexibility index (Phi) is 3.48. The number of rotatable bonds is 3. The second-order valence-electron chi connectivity index (χ2n) is 2.74. The van der Waals surface area contributed by atoms with E-state index in [1.807, 2.05) is 6.92 Å². The normalized spacial score (nSPS) is 9.77. The van der Waals surface area contributed by atoms with Crippen LogP contribution >= 0.6 is 15.9 Å². The van der Waals surface area contributed by atoms with Crippen molar-refractivity contribution in [1.29, 1.82) is 0 Å². The molecule has 3 heteroatoms. The van der Waals surface area contributed by atoms with Crippen molar-refractivity contribution in [3.05, 3.63) is 40.6 Å². The predicted molar refractivity (Wildman–Crippen MR) is 54.7 cm³/mol. The Hall–Kier alpha value is -0.830. The minimum absolute atomic E-state index is 0.264. The van der Waals surface area contributed by atoms with Crippen molar-refractivity contribution in [2.75, 3.05) is 6.61 Å². The highest BCUT2D eigenvalue weighted by molar-refractivity contribution is 9.11. The van der Waals surface area contributed by atoms with E-state index in [4.69, 9.17) is 4.74 Å². The zero-order valence-corrected chi connectivity index (χ0v) is 8.90. The average molecular weight is 245 g/mol. The highest BCUT2D eigenvalue weighted by Crippen LogP contribution is 2.19. The SMILES string of the molecule is C=C(Br)COc1cc(C)ccc1F. The molecule has 0 amide bonds. The van der Waals surface area contributed by atoms with Crippen molar-refractivity contribution < 1.29 is 9.13 Å². The second kappa shape index (κ2) is 4.42. The number of hydrogen-bond donors (Lipinski definition) is 0. The molecule has 0 unspecified atom stereocenters. The standard InChI is InChI=1S/C10H10BrFO/c1-7-3-4-9(12)10(5-7)13-6-8(2)11/h3-5H,2,6H2,1H3. The third-order valence-corrected chi connectivity index (χ3v) is 1.70. The van der Waals surface area contributed by atoms with E-state index in [2.05, 4.69) is 22.5 Å². The van der Waals surface area contributed by atoms with Gasteiger partial charge in [0.15, 0.2) is 11.6 Å². The van der Waals surface area contributed by atoms with Crippen molar-refractivity contribution in [1.82, 2.24) is 0 Å². The molecule has 1 rings (SSSR count). The molecule has 0 saturated heterocycles. The molecule has 0 atom stereocenters. The number of hydrogen-bond acceptors (Lipinski definition) is 1. The van der Waals surface area contributed by atoms with Crippen molar-refractivity contribution in [2.45, 2.75) is 6.92 Å². The van der Waals surface area contributed by atoms with Gasteiger partial charge in [0, 0.05) is 4.48 Å². The van der Waals surface area contributed by atoms with Crippen LogP contribution in [0.3, 0.4) is 0 Å². The quantitative estimate of drug-likeness (QED) is 0.792. The molecule has 70 valence electrons. The highest BCUT2D eigenvalue weighted by atomic mass is 79.9. The molecule has 13 heavy (non-hydrogen) atoms. The van der Waals surface area contributed by atoms with Crippen molar-refractivity contribution in [2.24, 2.45) is 0 Å². The molecule has 0 heterocycles. The lowest BCUT2D eigenvalue weighted by molar-refractivity contribution is 0.339. The van der Waals surface area contributed by atoms with E-state index in [9.17, 15) is 4.39 Å². The van der Waals surface area contributed by atoms with Crippen LogP contribution in [0.25, 0.3) is 0 Å². The summed E-state index contributed by atoms with van der Waals surface area (Å²) in [5.41, 5.74) is 0.969. The fourth-order valence-corrected chi connectivity index (χ4v) is 0.992. The number of benzene rings is 1. The van der Waals surface area contributed by atoms with Crippen LogP contribution in [0.4, 0.5) is 4.39 Å². The first kappa shape index (κ1) is 10.3. The topological polar surface area (TPSA) is 9.23 Å². The van der Waals surface area contributed by atoms with Gasteiger partial charge in [0.1, 0.15) is 6.61 Å². The van der Waals surface area contributed by atoms with Crippen molar-refractivity contribution in [3.63, 3.8) is 0 Å². The Morgan fingerprint density at radius 3 is 2.92 bits per heavy atom. The lowest BCUT2D eigenvalue weighted by Crippen LogP contribution is -1.98. The van der Waals surface area contributed by atoms with Crippen LogP contribution in [0.2, 0.25) is 0 Å². The average Bonchev–Trinajstić information content (AvgIpc) is 2.06. The van der Waals surface area contributed by atoms with Gasteiger partial charge in [0.2, 0.25) is 0 Å². The summed E-state index contributed by atoms with van der Waals surface area (Å²) >= 11 is 3.13. The van der Waals surface area contributed by atoms with Crippen LogP contribution in [0.15, 0.2) is 29.3 Å². The fraction of sp³-hybridized carbons (Fsp3) is 0.200. The summed E-state index contributed by atoms with van der Waals surface area (Å²) in [6.45, 7) is 5.75.